The van der Waals surface area contributed by atoms with Gasteiger partial charge in [0.05, 0.1) is 11.4 Å². The molecular weight excluding hydrogens is 155 g/mol. The Balaban J connectivity index is 2.86. The molecule has 2 nitrogen and oxygen atoms in total. The Morgan fingerprint density at radius 2 is 2.33 bits per heavy atom. The van der Waals surface area contributed by atoms with Crippen LogP contribution in [0.1, 0.15) is 24.4 Å². The van der Waals surface area contributed by atoms with Crippen molar-refractivity contribution in [2.24, 2.45) is 0 Å². The molecule has 0 amide bonds. The normalized spacial score (nSPS) is 12.9. The molecule has 66 valence electrons. The Bertz CT molecular complexity index is 250. The smallest absolute Gasteiger partial charge is 0.131 e. The monoisotopic (exact) mass is 168 g/mol. The van der Waals surface area contributed by atoms with Crippen molar-refractivity contribution in [3.8, 4) is 0 Å². The number of hydrogen-bond donors (Lipinski definition) is 1. The Kier molecular flexibility index (Phi) is 3.17. The van der Waals surface area contributed by atoms with Gasteiger partial charge in [-0.25, -0.2) is 4.39 Å². The van der Waals surface area contributed by atoms with E-state index in [0.29, 0.717) is 5.69 Å². The van der Waals surface area contributed by atoms with Crippen molar-refractivity contribution < 1.29 is 4.39 Å². The molecule has 3 heteroatoms. The molecule has 0 spiro atoms. The average molecular weight is 168 g/mol. The molecule has 1 N–H and O–H groups in total. The number of halogens is 1. The van der Waals surface area contributed by atoms with Gasteiger partial charge in [-0.3, -0.25) is 4.98 Å². The highest BCUT2D eigenvalue weighted by Gasteiger charge is 2.03. The Morgan fingerprint density at radius 1 is 1.58 bits per heavy atom. The predicted molar refractivity (Wildman–Crippen MR) is 46.5 cm³/mol. The molecule has 0 saturated carbocycles. The zero-order valence-electron chi connectivity index (χ0n) is 7.34. The van der Waals surface area contributed by atoms with Crippen LogP contribution in [0.3, 0.4) is 0 Å². The van der Waals surface area contributed by atoms with Crippen LogP contribution >= 0.6 is 0 Å². The second-order valence-corrected chi connectivity index (χ2v) is 2.70. The number of nitrogens with zero attached hydrogens (tertiary/aromatic N) is 1. The summed E-state index contributed by atoms with van der Waals surface area (Å²) in [5.74, 6) is 0. The van der Waals surface area contributed by atoms with Gasteiger partial charge in [-0.1, -0.05) is 6.07 Å². The van der Waals surface area contributed by atoms with Crippen LogP contribution in [0.5, 0.6) is 0 Å². The molecule has 0 aromatic carbocycles. The lowest BCUT2D eigenvalue weighted by atomic mass is 10.2. The van der Waals surface area contributed by atoms with Crippen LogP contribution in [0.4, 0.5) is 4.39 Å². The van der Waals surface area contributed by atoms with Gasteiger partial charge in [-0.05, 0) is 26.1 Å². The molecule has 0 aliphatic heterocycles. The third-order valence-corrected chi connectivity index (χ3v) is 1.84. The first-order valence-corrected chi connectivity index (χ1v) is 3.97. The van der Waals surface area contributed by atoms with Gasteiger partial charge in [0, 0.05) is 6.04 Å². The Labute approximate surface area is 71.8 Å². The molecule has 0 radical (unpaired) electrons. The lowest BCUT2D eigenvalue weighted by Gasteiger charge is -2.09. The summed E-state index contributed by atoms with van der Waals surface area (Å²) in [6, 6.07) is 5.58. The molecule has 0 bridgehead atoms. The molecule has 1 aromatic heterocycles. The number of hydrogen-bond acceptors (Lipinski definition) is 2. The second-order valence-electron chi connectivity index (χ2n) is 2.70. The highest BCUT2D eigenvalue weighted by Crippen LogP contribution is 2.09. The fourth-order valence-electron chi connectivity index (χ4n) is 0.962. The standard InChI is InChI=1S/C9H13FN2/c1-7(11-2)9-5-3-4-8(6-10)12-9/h3-5,7,11H,6H2,1-2H3. The van der Waals surface area contributed by atoms with Crippen LogP contribution in [0.2, 0.25) is 0 Å². The van der Waals surface area contributed by atoms with Gasteiger partial charge in [0.15, 0.2) is 0 Å². The van der Waals surface area contributed by atoms with Crippen LogP contribution in [0.15, 0.2) is 18.2 Å². The number of aromatic nitrogens is 1. The molecule has 1 rings (SSSR count). The molecule has 1 heterocycles. The van der Waals surface area contributed by atoms with E-state index in [1.54, 1.807) is 6.07 Å². The third-order valence-electron chi connectivity index (χ3n) is 1.84. The van der Waals surface area contributed by atoms with Crippen LogP contribution in [-0.2, 0) is 6.67 Å². The van der Waals surface area contributed by atoms with Gasteiger partial charge in [0.2, 0.25) is 0 Å². The largest absolute Gasteiger partial charge is 0.312 e. The summed E-state index contributed by atoms with van der Waals surface area (Å²) in [5, 5.41) is 3.05. The topological polar surface area (TPSA) is 24.9 Å². The lowest BCUT2D eigenvalue weighted by molar-refractivity contribution is 0.473. The van der Waals surface area contributed by atoms with E-state index in [1.165, 1.54) is 0 Å². The third kappa shape index (κ3) is 2.01. The van der Waals surface area contributed by atoms with Crippen LogP contribution in [0.25, 0.3) is 0 Å². The quantitative estimate of drug-likeness (QED) is 0.744. The van der Waals surface area contributed by atoms with Crippen molar-refractivity contribution in [3.63, 3.8) is 0 Å². The van der Waals surface area contributed by atoms with Gasteiger partial charge in [0.25, 0.3) is 0 Å². The van der Waals surface area contributed by atoms with E-state index in [0.717, 1.165) is 5.69 Å². The molecular formula is C9H13FN2. The zero-order valence-corrected chi connectivity index (χ0v) is 7.34. The summed E-state index contributed by atoms with van der Waals surface area (Å²) in [6.07, 6.45) is 0. The molecule has 0 fully saturated rings. The lowest BCUT2D eigenvalue weighted by Crippen LogP contribution is -2.14. The summed E-state index contributed by atoms with van der Waals surface area (Å²) in [7, 11) is 1.86. The molecule has 0 aliphatic rings. The minimum Gasteiger partial charge on any atom is -0.312 e. The van der Waals surface area contributed by atoms with Crippen molar-refractivity contribution in [3.05, 3.63) is 29.6 Å². The first kappa shape index (κ1) is 9.13. The minimum absolute atomic E-state index is 0.177. The van der Waals surface area contributed by atoms with Crippen LogP contribution in [0, 0.1) is 0 Å². The first-order valence-electron chi connectivity index (χ1n) is 3.97. The van der Waals surface area contributed by atoms with E-state index < -0.39 is 6.67 Å². The van der Waals surface area contributed by atoms with Gasteiger partial charge in [-0.15, -0.1) is 0 Å². The van der Waals surface area contributed by atoms with E-state index in [-0.39, 0.29) is 6.04 Å². The summed E-state index contributed by atoms with van der Waals surface area (Å²) in [6.45, 7) is 1.49. The summed E-state index contributed by atoms with van der Waals surface area (Å²) in [4.78, 5) is 4.12. The predicted octanol–water partition coefficient (Wildman–Crippen LogP) is 1.83. The Hall–Kier alpha value is -0.960. The molecule has 0 aliphatic carbocycles. The number of alkyl halides is 1. The molecule has 1 atom stereocenters. The fourth-order valence-corrected chi connectivity index (χ4v) is 0.962. The molecule has 12 heavy (non-hydrogen) atoms. The van der Waals surface area contributed by atoms with Crippen molar-refractivity contribution >= 4 is 0 Å². The fraction of sp³-hybridized carbons (Fsp3) is 0.444. The van der Waals surface area contributed by atoms with Gasteiger partial charge < -0.3 is 5.32 Å². The van der Waals surface area contributed by atoms with E-state index in [9.17, 15) is 4.39 Å². The number of pyridine rings is 1. The average Bonchev–Trinajstić information content (AvgIpc) is 2.17. The van der Waals surface area contributed by atoms with Gasteiger partial charge >= 0.3 is 0 Å². The number of rotatable bonds is 3. The van der Waals surface area contributed by atoms with Crippen LogP contribution in [-0.4, -0.2) is 12.0 Å². The maximum Gasteiger partial charge on any atom is 0.131 e. The first-order chi connectivity index (χ1) is 5.77. The zero-order chi connectivity index (χ0) is 8.97. The van der Waals surface area contributed by atoms with Gasteiger partial charge in [-0.2, -0.15) is 0 Å². The summed E-state index contributed by atoms with van der Waals surface area (Å²) in [5.41, 5.74) is 1.38. The van der Waals surface area contributed by atoms with Crippen molar-refractivity contribution in [1.82, 2.24) is 10.3 Å². The van der Waals surface area contributed by atoms with Crippen LogP contribution < -0.4 is 5.32 Å². The molecule has 0 saturated heterocycles. The number of nitrogens with one attached hydrogen (secondary N) is 1. The molecule has 1 aromatic rings. The van der Waals surface area contributed by atoms with E-state index in [1.807, 2.05) is 26.1 Å². The maximum absolute atomic E-state index is 12.2. The minimum atomic E-state index is -0.496. The SMILES string of the molecule is CNC(C)c1cccc(CF)n1. The van der Waals surface area contributed by atoms with E-state index in [2.05, 4.69) is 10.3 Å². The van der Waals surface area contributed by atoms with Crippen molar-refractivity contribution in [2.45, 2.75) is 19.6 Å². The highest BCUT2D eigenvalue weighted by atomic mass is 19.1. The highest BCUT2D eigenvalue weighted by molar-refractivity contribution is 5.13. The van der Waals surface area contributed by atoms with Crippen molar-refractivity contribution in [2.75, 3.05) is 7.05 Å². The molecule has 1 unspecified atom stereocenters. The summed E-state index contributed by atoms with van der Waals surface area (Å²) < 4.78 is 12.2. The Morgan fingerprint density at radius 3 is 2.92 bits per heavy atom. The summed E-state index contributed by atoms with van der Waals surface area (Å²) >= 11 is 0. The maximum atomic E-state index is 12.2. The van der Waals surface area contributed by atoms with Gasteiger partial charge in [0.1, 0.15) is 6.67 Å². The van der Waals surface area contributed by atoms with Crippen molar-refractivity contribution in [1.29, 1.82) is 0 Å². The van der Waals surface area contributed by atoms with E-state index >= 15 is 0 Å². The second kappa shape index (κ2) is 4.16. The van der Waals surface area contributed by atoms with E-state index in [4.69, 9.17) is 0 Å².